The van der Waals surface area contributed by atoms with E-state index in [1.807, 2.05) is 48.5 Å². The van der Waals surface area contributed by atoms with Crippen molar-refractivity contribution < 1.29 is 23.8 Å². The molecule has 0 fully saturated rings. The maximum absolute atomic E-state index is 13.1. The van der Waals surface area contributed by atoms with Crippen molar-refractivity contribution in [2.24, 2.45) is 0 Å². The summed E-state index contributed by atoms with van der Waals surface area (Å²) in [5, 5.41) is 0. The predicted molar refractivity (Wildman–Crippen MR) is 172 cm³/mol. The minimum absolute atomic E-state index is 0.0574. The average molecular weight is 582 g/mol. The number of hydrogen-bond acceptors (Lipinski definition) is 5. The highest BCUT2D eigenvalue weighted by atomic mass is 16.6. The zero-order valence-corrected chi connectivity index (χ0v) is 24.4. The Morgan fingerprint density at radius 1 is 0.545 bits per heavy atom. The van der Waals surface area contributed by atoms with Gasteiger partial charge in [-0.25, -0.2) is 4.85 Å². The Balaban J connectivity index is 1.14. The maximum atomic E-state index is 13.1. The third-order valence-electron chi connectivity index (χ3n) is 7.06. The molecule has 0 amide bonds. The summed E-state index contributed by atoms with van der Waals surface area (Å²) < 4.78 is 15.8. The number of hydrogen-bond donors (Lipinski definition) is 0. The first kappa shape index (κ1) is 30.0. The number of ether oxygens (including phenoxy) is 3. The Bertz CT molecular complexity index is 1730. The molecule has 5 aromatic carbocycles. The molecule has 6 heteroatoms. The van der Waals surface area contributed by atoms with Crippen LogP contribution in [-0.4, -0.2) is 38.2 Å². The summed E-state index contributed by atoms with van der Waals surface area (Å²) in [5.41, 5.74) is 8.37. The largest absolute Gasteiger partial charge is 0.491 e. The second kappa shape index (κ2) is 14.6. The van der Waals surface area contributed by atoms with E-state index in [9.17, 15) is 9.59 Å². The second-order valence-electron chi connectivity index (χ2n) is 10.0. The lowest BCUT2D eigenvalue weighted by Gasteiger charge is -2.09. The number of ketones is 1. The van der Waals surface area contributed by atoms with E-state index in [4.69, 9.17) is 20.8 Å². The number of carbonyl (C=O) groups excluding carboxylic acids is 2. The van der Waals surface area contributed by atoms with Gasteiger partial charge in [0.25, 0.3) is 0 Å². The van der Waals surface area contributed by atoms with Gasteiger partial charge in [-0.05, 0) is 57.6 Å². The SMILES string of the molecule is [C-]#[N+]c1ccc(-c2ccc(-c3ccc(-c4ccc(C(=O)c5ccc(OCCOCCOC(C)=O)cc5)cc4)cc3)cc2)cc1. The van der Waals surface area contributed by atoms with E-state index < -0.39 is 0 Å². The smallest absolute Gasteiger partial charge is 0.302 e. The first-order valence-corrected chi connectivity index (χ1v) is 14.3. The third kappa shape index (κ3) is 7.86. The van der Waals surface area contributed by atoms with Gasteiger partial charge in [0.1, 0.15) is 19.0 Å². The molecule has 218 valence electrons. The molecule has 0 aliphatic heterocycles. The molecule has 0 aliphatic carbocycles. The van der Waals surface area contributed by atoms with E-state index in [1.165, 1.54) is 6.92 Å². The van der Waals surface area contributed by atoms with Crippen LogP contribution in [-0.2, 0) is 14.3 Å². The fourth-order valence-electron chi connectivity index (χ4n) is 4.69. The molecule has 5 rings (SSSR count). The summed E-state index contributed by atoms with van der Waals surface area (Å²) in [4.78, 5) is 27.2. The molecule has 0 radical (unpaired) electrons. The molecular formula is C38H31NO5. The summed E-state index contributed by atoms with van der Waals surface area (Å²) in [6.07, 6.45) is 0. The van der Waals surface area contributed by atoms with E-state index in [0.29, 0.717) is 42.4 Å². The summed E-state index contributed by atoms with van der Waals surface area (Å²) in [6.45, 7) is 9.73. The first-order valence-electron chi connectivity index (χ1n) is 14.3. The number of esters is 1. The van der Waals surface area contributed by atoms with Gasteiger partial charge >= 0.3 is 5.97 Å². The molecule has 0 spiro atoms. The Labute approximate surface area is 257 Å². The quantitative estimate of drug-likeness (QED) is 0.0640. The van der Waals surface area contributed by atoms with E-state index in [0.717, 1.165) is 33.4 Å². The van der Waals surface area contributed by atoms with Crippen LogP contribution in [0.15, 0.2) is 121 Å². The summed E-state index contributed by atoms with van der Waals surface area (Å²) >= 11 is 0. The predicted octanol–water partition coefficient (Wildman–Crippen LogP) is 8.43. The molecule has 0 heterocycles. The molecule has 0 unspecified atom stereocenters. The minimum Gasteiger partial charge on any atom is -0.491 e. The first-order chi connectivity index (χ1) is 21.5. The maximum Gasteiger partial charge on any atom is 0.302 e. The van der Waals surface area contributed by atoms with Gasteiger partial charge in [-0.1, -0.05) is 97.1 Å². The topological polar surface area (TPSA) is 66.2 Å². The fourth-order valence-corrected chi connectivity index (χ4v) is 4.69. The van der Waals surface area contributed by atoms with Crippen LogP contribution >= 0.6 is 0 Å². The molecule has 44 heavy (non-hydrogen) atoms. The average Bonchev–Trinajstić information content (AvgIpc) is 3.08. The lowest BCUT2D eigenvalue weighted by Crippen LogP contribution is -2.12. The minimum atomic E-state index is -0.331. The van der Waals surface area contributed by atoms with Crippen LogP contribution < -0.4 is 4.74 Å². The van der Waals surface area contributed by atoms with E-state index >= 15 is 0 Å². The standard InChI is InChI=1S/C38H31NO5/c1-27(40)43-25-23-42-24-26-44-37-21-17-35(18-22-37)38(41)34-13-11-32(12-14-34)30-5-3-28(4-6-30)29-7-9-31(10-8-29)33-15-19-36(39-2)20-16-33/h3-22H,23-26H2,1H3. The summed E-state index contributed by atoms with van der Waals surface area (Å²) in [6, 6.07) is 39.1. The van der Waals surface area contributed by atoms with Gasteiger partial charge in [0.05, 0.1) is 19.8 Å². The van der Waals surface area contributed by atoms with Gasteiger partial charge in [0.15, 0.2) is 11.5 Å². The van der Waals surface area contributed by atoms with Crippen molar-refractivity contribution in [3.63, 3.8) is 0 Å². The number of nitrogens with zero attached hydrogens (tertiary/aromatic N) is 1. The lowest BCUT2D eigenvalue weighted by atomic mass is 9.96. The van der Waals surface area contributed by atoms with Crippen molar-refractivity contribution >= 4 is 17.4 Å². The van der Waals surface area contributed by atoms with E-state index in [2.05, 4.69) is 53.4 Å². The van der Waals surface area contributed by atoms with Gasteiger partial charge in [-0.2, -0.15) is 0 Å². The van der Waals surface area contributed by atoms with E-state index in [-0.39, 0.29) is 18.4 Å². The molecule has 0 saturated heterocycles. The second-order valence-corrected chi connectivity index (χ2v) is 10.0. The summed E-state index contributed by atoms with van der Waals surface area (Å²) in [5.74, 6) is 0.257. The van der Waals surface area contributed by atoms with Crippen molar-refractivity contribution in [3.05, 3.63) is 144 Å². The van der Waals surface area contributed by atoms with Crippen LogP contribution in [0.3, 0.4) is 0 Å². The zero-order chi connectivity index (χ0) is 30.7. The molecule has 0 atom stereocenters. The van der Waals surface area contributed by atoms with Crippen molar-refractivity contribution in [1.82, 2.24) is 0 Å². The summed E-state index contributed by atoms with van der Waals surface area (Å²) in [7, 11) is 0. The normalized spacial score (nSPS) is 10.5. The highest BCUT2D eigenvalue weighted by Crippen LogP contribution is 2.29. The van der Waals surface area contributed by atoms with Gasteiger partial charge in [-0.15, -0.1) is 0 Å². The highest BCUT2D eigenvalue weighted by Gasteiger charge is 2.10. The van der Waals surface area contributed by atoms with Crippen molar-refractivity contribution in [2.45, 2.75) is 6.92 Å². The van der Waals surface area contributed by atoms with Crippen molar-refractivity contribution in [3.8, 4) is 39.1 Å². The van der Waals surface area contributed by atoms with Gasteiger partial charge in [0.2, 0.25) is 0 Å². The molecule has 0 bridgehead atoms. The fraction of sp³-hybridized carbons (Fsp3) is 0.132. The number of carbonyl (C=O) groups is 2. The van der Waals surface area contributed by atoms with E-state index in [1.54, 1.807) is 24.3 Å². The van der Waals surface area contributed by atoms with Crippen LogP contribution in [0.2, 0.25) is 0 Å². The Morgan fingerprint density at radius 3 is 1.36 bits per heavy atom. The van der Waals surface area contributed by atoms with Gasteiger partial charge in [-0.3, -0.25) is 9.59 Å². The Kier molecular flexibility index (Phi) is 9.94. The molecular weight excluding hydrogens is 550 g/mol. The highest BCUT2D eigenvalue weighted by molar-refractivity contribution is 6.09. The molecule has 6 nitrogen and oxygen atoms in total. The number of benzene rings is 5. The van der Waals surface area contributed by atoms with Crippen LogP contribution in [0.1, 0.15) is 22.8 Å². The van der Waals surface area contributed by atoms with Crippen LogP contribution in [0, 0.1) is 6.57 Å². The Morgan fingerprint density at radius 2 is 0.932 bits per heavy atom. The number of rotatable bonds is 12. The Hall–Kier alpha value is -5.51. The lowest BCUT2D eigenvalue weighted by molar-refractivity contribution is -0.142. The third-order valence-corrected chi connectivity index (χ3v) is 7.06. The van der Waals surface area contributed by atoms with Crippen LogP contribution in [0.5, 0.6) is 5.75 Å². The van der Waals surface area contributed by atoms with Gasteiger partial charge in [0, 0.05) is 18.1 Å². The van der Waals surface area contributed by atoms with Crippen LogP contribution in [0.4, 0.5) is 5.69 Å². The van der Waals surface area contributed by atoms with Crippen molar-refractivity contribution in [1.29, 1.82) is 0 Å². The molecule has 0 saturated carbocycles. The van der Waals surface area contributed by atoms with Crippen molar-refractivity contribution in [2.75, 3.05) is 26.4 Å². The molecule has 0 aromatic heterocycles. The monoisotopic (exact) mass is 581 g/mol. The molecule has 5 aromatic rings. The molecule has 0 N–H and O–H groups in total. The molecule has 0 aliphatic rings. The van der Waals surface area contributed by atoms with Gasteiger partial charge < -0.3 is 14.2 Å². The van der Waals surface area contributed by atoms with Crippen LogP contribution in [0.25, 0.3) is 38.2 Å². The zero-order valence-electron chi connectivity index (χ0n) is 24.4.